The number of benzene rings is 1. The van der Waals surface area contributed by atoms with Crippen molar-refractivity contribution in [2.45, 2.75) is 19.2 Å². The number of hydrogen-bond acceptors (Lipinski definition) is 7. The third-order valence-corrected chi connectivity index (χ3v) is 6.60. The molecule has 0 aliphatic carbocycles. The van der Waals surface area contributed by atoms with Gasteiger partial charge < -0.3 is 4.90 Å². The van der Waals surface area contributed by atoms with Gasteiger partial charge in [0.2, 0.25) is 0 Å². The van der Waals surface area contributed by atoms with Crippen molar-refractivity contribution < 1.29 is 8.42 Å². The fourth-order valence-electron chi connectivity index (χ4n) is 3.89. The maximum atomic E-state index is 11.5. The van der Waals surface area contributed by atoms with Gasteiger partial charge in [-0.25, -0.2) is 13.4 Å². The van der Waals surface area contributed by atoms with Crippen LogP contribution in [-0.4, -0.2) is 65.5 Å². The first kappa shape index (κ1) is 21.5. The molecule has 0 amide bonds. The quantitative estimate of drug-likeness (QED) is 0.580. The number of piperazine rings is 1. The van der Waals surface area contributed by atoms with Gasteiger partial charge in [0.1, 0.15) is 5.69 Å². The molecular formula is C22H28N6O2S. The number of hydrogen-bond donors (Lipinski definition) is 0. The highest BCUT2D eigenvalue weighted by molar-refractivity contribution is 7.89. The summed E-state index contributed by atoms with van der Waals surface area (Å²) in [5.41, 5.74) is 5.01. The molecule has 0 N–H and O–H groups in total. The van der Waals surface area contributed by atoms with E-state index < -0.39 is 9.84 Å². The van der Waals surface area contributed by atoms with E-state index >= 15 is 0 Å². The summed E-state index contributed by atoms with van der Waals surface area (Å²) in [5, 5.41) is 4.34. The van der Waals surface area contributed by atoms with E-state index in [2.05, 4.69) is 31.8 Å². The van der Waals surface area contributed by atoms with E-state index in [1.54, 1.807) is 12.4 Å². The number of aromatic nitrogens is 4. The first-order valence-corrected chi connectivity index (χ1v) is 12.4. The van der Waals surface area contributed by atoms with Crippen LogP contribution in [0.15, 0.2) is 42.9 Å². The Morgan fingerprint density at radius 3 is 2.29 bits per heavy atom. The zero-order valence-corrected chi connectivity index (χ0v) is 19.0. The van der Waals surface area contributed by atoms with Crippen molar-refractivity contribution in [3.63, 3.8) is 0 Å². The lowest BCUT2D eigenvalue weighted by molar-refractivity contribution is 0.249. The van der Waals surface area contributed by atoms with Crippen LogP contribution in [0.1, 0.15) is 16.8 Å². The van der Waals surface area contributed by atoms with Gasteiger partial charge in [0.25, 0.3) is 0 Å². The predicted octanol–water partition coefficient (Wildman–Crippen LogP) is 2.05. The van der Waals surface area contributed by atoms with Crippen LogP contribution in [0.25, 0.3) is 11.3 Å². The highest BCUT2D eigenvalue weighted by atomic mass is 32.2. The molecule has 1 saturated heterocycles. The van der Waals surface area contributed by atoms with Gasteiger partial charge in [-0.05, 0) is 12.5 Å². The maximum Gasteiger partial charge on any atom is 0.155 e. The van der Waals surface area contributed by atoms with Crippen LogP contribution >= 0.6 is 0 Å². The molecule has 0 radical (unpaired) electrons. The largest absolute Gasteiger partial charge is 0.352 e. The van der Waals surface area contributed by atoms with Crippen molar-refractivity contribution in [2.24, 2.45) is 7.05 Å². The Morgan fingerprint density at radius 1 is 1.00 bits per heavy atom. The van der Waals surface area contributed by atoms with Crippen LogP contribution < -0.4 is 4.90 Å². The van der Waals surface area contributed by atoms with Crippen LogP contribution in [0, 0.1) is 6.92 Å². The van der Waals surface area contributed by atoms with Crippen LogP contribution in [0.3, 0.4) is 0 Å². The number of rotatable bonds is 6. The third kappa shape index (κ3) is 5.11. The van der Waals surface area contributed by atoms with Crippen molar-refractivity contribution in [3.8, 4) is 11.3 Å². The molecule has 1 aliphatic heterocycles. The van der Waals surface area contributed by atoms with Gasteiger partial charge in [-0.2, -0.15) is 5.10 Å². The number of aryl methyl sites for hydroxylation is 1. The average molecular weight is 441 g/mol. The number of nitrogens with zero attached hydrogens (tertiary/aromatic N) is 6. The van der Waals surface area contributed by atoms with E-state index in [1.165, 1.54) is 17.5 Å². The van der Waals surface area contributed by atoms with Crippen molar-refractivity contribution in [2.75, 3.05) is 37.3 Å². The molecule has 4 rings (SSSR count). The highest BCUT2D eigenvalue weighted by Gasteiger charge is 2.22. The van der Waals surface area contributed by atoms with E-state index in [0.29, 0.717) is 0 Å². The zero-order chi connectivity index (χ0) is 22.0. The molecule has 0 atom stereocenters. The molecule has 0 unspecified atom stereocenters. The van der Waals surface area contributed by atoms with Gasteiger partial charge in [0.15, 0.2) is 15.7 Å². The smallest absolute Gasteiger partial charge is 0.155 e. The van der Waals surface area contributed by atoms with Crippen LogP contribution in [0.4, 0.5) is 5.82 Å². The van der Waals surface area contributed by atoms with Gasteiger partial charge in [0.05, 0.1) is 11.9 Å². The second-order valence-corrected chi connectivity index (χ2v) is 10.3. The minimum Gasteiger partial charge on any atom is -0.352 e. The SMILES string of the molecule is Cc1c(CN2CCN(c3nccnc3-c3ccc(CS(C)(=O)=O)cc3)CC2)cnn1C. The van der Waals surface area contributed by atoms with Gasteiger partial charge in [0, 0.05) is 75.2 Å². The van der Waals surface area contributed by atoms with Crippen LogP contribution in [0.2, 0.25) is 0 Å². The van der Waals surface area contributed by atoms with Gasteiger partial charge >= 0.3 is 0 Å². The summed E-state index contributed by atoms with van der Waals surface area (Å²) in [6.45, 7) is 6.64. The molecule has 9 heteroatoms. The molecule has 3 aromatic rings. The molecule has 31 heavy (non-hydrogen) atoms. The summed E-state index contributed by atoms with van der Waals surface area (Å²) in [6.07, 6.45) is 6.62. The summed E-state index contributed by atoms with van der Waals surface area (Å²) in [7, 11) is -1.08. The van der Waals surface area contributed by atoms with Gasteiger partial charge in [-0.15, -0.1) is 0 Å². The first-order valence-electron chi connectivity index (χ1n) is 10.3. The van der Waals surface area contributed by atoms with E-state index in [0.717, 1.165) is 55.4 Å². The molecule has 0 saturated carbocycles. The monoisotopic (exact) mass is 440 g/mol. The normalized spacial score (nSPS) is 15.4. The van der Waals surface area contributed by atoms with E-state index in [9.17, 15) is 8.42 Å². The van der Waals surface area contributed by atoms with E-state index in [1.807, 2.05) is 42.2 Å². The lowest BCUT2D eigenvalue weighted by Gasteiger charge is -2.35. The molecule has 0 spiro atoms. The second-order valence-electron chi connectivity index (χ2n) is 8.14. The molecule has 1 fully saturated rings. The van der Waals surface area contributed by atoms with Crippen LogP contribution in [0.5, 0.6) is 0 Å². The minimum absolute atomic E-state index is 0.0406. The van der Waals surface area contributed by atoms with E-state index in [4.69, 9.17) is 0 Å². The zero-order valence-electron chi connectivity index (χ0n) is 18.2. The summed E-state index contributed by atoms with van der Waals surface area (Å²) < 4.78 is 25.0. The van der Waals surface area contributed by atoms with Crippen LogP contribution in [-0.2, 0) is 29.2 Å². The Kier molecular flexibility index (Phi) is 6.06. The molecule has 8 nitrogen and oxygen atoms in total. The summed E-state index contributed by atoms with van der Waals surface area (Å²) >= 11 is 0. The Labute approximate surface area is 183 Å². The molecule has 164 valence electrons. The molecular weight excluding hydrogens is 412 g/mol. The number of sulfone groups is 1. The Morgan fingerprint density at radius 2 is 1.68 bits per heavy atom. The molecule has 3 heterocycles. The molecule has 0 bridgehead atoms. The second kappa shape index (κ2) is 8.76. The van der Waals surface area contributed by atoms with Crippen molar-refractivity contribution in [3.05, 3.63) is 59.7 Å². The summed E-state index contributed by atoms with van der Waals surface area (Å²) in [4.78, 5) is 13.9. The summed E-state index contributed by atoms with van der Waals surface area (Å²) in [5.74, 6) is 0.912. The van der Waals surface area contributed by atoms with Gasteiger partial charge in [-0.1, -0.05) is 24.3 Å². The standard InChI is InChI=1S/C22H28N6O2S/c1-17-20(14-25-26(17)2)15-27-10-12-28(13-11-27)22-21(23-8-9-24-22)19-6-4-18(5-7-19)16-31(3,29)30/h4-9,14H,10-13,15-16H2,1-3H3. The van der Waals surface area contributed by atoms with Crippen molar-refractivity contribution in [1.29, 1.82) is 0 Å². The summed E-state index contributed by atoms with van der Waals surface area (Å²) in [6, 6.07) is 7.55. The third-order valence-electron chi connectivity index (χ3n) is 5.74. The Balaban J connectivity index is 1.46. The molecule has 1 aliphatic rings. The lowest BCUT2D eigenvalue weighted by atomic mass is 10.1. The first-order chi connectivity index (χ1) is 14.8. The Hall–Kier alpha value is -2.78. The fraction of sp³-hybridized carbons (Fsp3) is 0.409. The molecule has 1 aromatic carbocycles. The average Bonchev–Trinajstić information content (AvgIpc) is 3.06. The Bertz CT molecular complexity index is 1150. The van der Waals surface area contributed by atoms with Crippen molar-refractivity contribution >= 4 is 15.7 Å². The topological polar surface area (TPSA) is 84.2 Å². The minimum atomic E-state index is -3.06. The lowest BCUT2D eigenvalue weighted by Crippen LogP contribution is -2.46. The fourth-order valence-corrected chi connectivity index (χ4v) is 4.68. The maximum absolute atomic E-state index is 11.5. The van der Waals surface area contributed by atoms with Gasteiger partial charge in [-0.3, -0.25) is 14.6 Å². The highest BCUT2D eigenvalue weighted by Crippen LogP contribution is 2.28. The van der Waals surface area contributed by atoms with Crippen molar-refractivity contribution in [1.82, 2.24) is 24.6 Å². The molecule has 2 aromatic heterocycles. The van der Waals surface area contributed by atoms with E-state index in [-0.39, 0.29) is 5.75 Å². The predicted molar refractivity (Wildman–Crippen MR) is 121 cm³/mol. The number of anilines is 1.